The number of hydrogen-bond donors (Lipinski definition) is 0. The summed E-state index contributed by atoms with van der Waals surface area (Å²) in [6.45, 7) is 10.8. The smallest absolute Gasteiger partial charge is 0.247 e. The third kappa shape index (κ3) is 3.24. The Hall–Kier alpha value is -1.06. The molecular weight excluding hydrogens is 239 g/mol. The molecule has 1 aromatic heterocycles. The summed E-state index contributed by atoms with van der Waals surface area (Å²) in [6.07, 6.45) is -4.41. The summed E-state index contributed by atoms with van der Waals surface area (Å²) in [6, 6.07) is 3.24. The van der Waals surface area contributed by atoms with Gasteiger partial charge in [-0.15, -0.1) is 0 Å². The minimum absolute atomic E-state index is 0.239. The van der Waals surface area contributed by atoms with Crippen molar-refractivity contribution in [3.63, 3.8) is 0 Å². The highest BCUT2D eigenvalue weighted by Crippen LogP contribution is 2.37. The molecule has 0 aliphatic heterocycles. The Kier molecular flexibility index (Phi) is 3.54. The van der Waals surface area contributed by atoms with Crippen molar-refractivity contribution in [2.24, 2.45) is 0 Å². The van der Waals surface area contributed by atoms with Gasteiger partial charge in [0.15, 0.2) is 0 Å². The Morgan fingerprint density at radius 1 is 0.833 bits per heavy atom. The van der Waals surface area contributed by atoms with Crippen molar-refractivity contribution < 1.29 is 13.2 Å². The van der Waals surface area contributed by atoms with Crippen LogP contribution in [0.2, 0.25) is 0 Å². The topological polar surface area (TPSA) is 12.9 Å². The number of halogens is 3. The van der Waals surface area contributed by atoms with Crippen molar-refractivity contribution in [3.8, 4) is 0 Å². The van der Waals surface area contributed by atoms with Crippen molar-refractivity contribution >= 4 is 0 Å². The Bertz CT molecular complexity index is 434. The van der Waals surface area contributed by atoms with E-state index in [1.54, 1.807) is 32.9 Å². The van der Waals surface area contributed by atoms with E-state index in [1.807, 2.05) is 20.8 Å². The van der Waals surface area contributed by atoms with Gasteiger partial charge >= 0.3 is 6.18 Å². The molecule has 1 nitrogen and oxygen atoms in total. The van der Waals surface area contributed by atoms with Crippen LogP contribution in [0.1, 0.15) is 58.5 Å². The summed E-state index contributed by atoms with van der Waals surface area (Å²) >= 11 is 0. The van der Waals surface area contributed by atoms with Gasteiger partial charge in [-0.1, -0.05) is 47.6 Å². The third-order valence-electron chi connectivity index (χ3n) is 2.74. The third-order valence-corrected chi connectivity index (χ3v) is 2.74. The Labute approximate surface area is 106 Å². The normalized spacial score (nSPS) is 13.8. The van der Waals surface area contributed by atoms with Gasteiger partial charge in [0.1, 0.15) is 5.69 Å². The number of hydrogen-bond acceptors (Lipinski definition) is 1. The predicted octanol–water partition coefficient (Wildman–Crippen LogP) is 4.70. The van der Waals surface area contributed by atoms with Gasteiger partial charge in [0.2, 0.25) is 0 Å². The number of pyridine rings is 1. The van der Waals surface area contributed by atoms with Crippen LogP contribution in [0.4, 0.5) is 13.2 Å². The summed E-state index contributed by atoms with van der Waals surface area (Å²) in [4.78, 5) is 3.86. The van der Waals surface area contributed by atoms with E-state index < -0.39 is 22.7 Å². The van der Waals surface area contributed by atoms with E-state index in [-0.39, 0.29) is 5.56 Å². The van der Waals surface area contributed by atoms with Gasteiger partial charge in [-0.05, 0) is 17.0 Å². The van der Waals surface area contributed by atoms with Gasteiger partial charge in [0.25, 0.3) is 0 Å². The molecule has 4 heteroatoms. The van der Waals surface area contributed by atoms with Crippen molar-refractivity contribution in [2.75, 3.05) is 0 Å². The van der Waals surface area contributed by atoms with Gasteiger partial charge in [-0.3, -0.25) is 0 Å². The highest BCUT2D eigenvalue weighted by atomic mass is 19.4. The molecular formula is C14H20F3N. The highest BCUT2D eigenvalue weighted by Gasteiger charge is 2.39. The van der Waals surface area contributed by atoms with E-state index in [0.29, 0.717) is 5.69 Å². The Morgan fingerprint density at radius 2 is 1.33 bits per heavy atom. The molecule has 0 atom stereocenters. The molecule has 0 fully saturated rings. The van der Waals surface area contributed by atoms with Crippen LogP contribution in [-0.4, -0.2) is 4.98 Å². The van der Waals surface area contributed by atoms with E-state index in [0.717, 1.165) is 0 Å². The van der Waals surface area contributed by atoms with Crippen LogP contribution in [0, 0.1) is 0 Å². The monoisotopic (exact) mass is 259 g/mol. The number of alkyl halides is 3. The van der Waals surface area contributed by atoms with Gasteiger partial charge in [-0.25, -0.2) is 4.98 Å². The van der Waals surface area contributed by atoms with Crippen molar-refractivity contribution in [1.29, 1.82) is 0 Å². The highest BCUT2D eigenvalue weighted by molar-refractivity contribution is 5.33. The summed E-state index contributed by atoms with van der Waals surface area (Å²) in [5.41, 5.74) is -1.03. The SMILES string of the molecule is CC(C)(C)c1ccc(C(C)(C)C)c(C(F)(F)F)n1. The maximum Gasteiger partial charge on any atom is 0.433 e. The first-order valence-corrected chi connectivity index (χ1v) is 5.92. The first kappa shape index (κ1) is 15.0. The molecule has 18 heavy (non-hydrogen) atoms. The molecule has 0 aliphatic rings. The van der Waals surface area contributed by atoms with Crippen LogP contribution in [0.15, 0.2) is 12.1 Å². The van der Waals surface area contributed by atoms with E-state index in [2.05, 4.69) is 4.98 Å². The Balaban J connectivity index is 3.50. The van der Waals surface area contributed by atoms with E-state index in [4.69, 9.17) is 0 Å². The summed E-state index contributed by atoms with van der Waals surface area (Å²) < 4.78 is 39.3. The summed E-state index contributed by atoms with van der Waals surface area (Å²) in [5.74, 6) is 0. The van der Waals surface area contributed by atoms with Crippen molar-refractivity contribution in [1.82, 2.24) is 4.98 Å². The van der Waals surface area contributed by atoms with Crippen LogP contribution < -0.4 is 0 Å². The van der Waals surface area contributed by atoms with E-state index in [9.17, 15) is 13.2 Å². The molecule has 102 valence electrons. The maximum atomic E-state index is 13.1. The average molecular weight is 259 g/mol. The zero-order valence-electron chi connectivity index (χ0n) is 11.7. The lowest BCUT2D eigenvalue weighted by molar-refractivity contribution is -0.142. The summed E-state index contributed by atoms with van der Waals surface area (Å²) in [7, 11) is 0. The zero-order chi connectivity index (χ0) is 14.4. The molecule has 0 N–H and O–H groups in total. The molecule has 0 aromatic carbocycles. The molecule has 1 heterocycles. The molecule has 0 aliphatic carbocycles. The number of aromatic nitrogens is 1. The second-order valence-electron chi connectivity index (χ2n) is 6.59. The van der Waals surface area contributed by atoms with Crippen LogP contribution >= 0.6 is 0 Å². The zero-order valence-corrected chi connectivity index (χ0v) is 11.7. The van der Waals surface area contributed by atoms with Gasteiger partial charge in [-0.2, -0.15) is 13.2 Å². The number of rotatable bonds is 0. The Morgan fingerprint density at radius 3 is 1.67 bits per heavy atom. The van der Waals surface area contributed by atoms with Crippen LogP contribution in [-0.2, 0) is 17.0 Å². The first-order chi connectivity index (χ1) is 7.83. The van der Waals surface area contributed by atoms with Gasteiger partial charge in [0, 0.05) is 11.1 Å². The molecule has 0 bridgehead atoms. The van der Waals surface area contributed by atoms with Gasteiger partial charge in [0.05, 0.1) is 0 Å². The standard InChI is InChI=1S/C14H20F3N/c1-12(2,3)9-7-8-10(13(4,5)6)18-11(9)14(15,16)17/h7-8H,1-6H3. The second-order valence-corrected chi connectivity index (χ2v) is 6.59. The van der Waals surface area contributed by atoms with Crippen LogP contribution in [0.25, 0.3) is 0 Å². The lowest BCUT2D eigenvalue weighted by atomic mass is 9.83. The fourth-order valence-electron chi connectivity index (χ4n) is 1.70. The molecule has 0 amide bonds. The van der Waals surface area contributed by atoms with E-state index >= 15 is 0 Å². The number of nitrogens with zero attached hydrogens (tertiary/aromatic N) is 1. The molecule has 0 saturated carbocycles. The van der Waals surface area contributed by atoms with Crippen molar-refractivity contribution in [3.05, 3.63) is 29.1 Å². The predicted molar refractivity (Wildman–Crippen MR) is 66.6 cm³/mol. The van der Waals surface area contributed by atoms with Crippen LogP contribution in [0.3, 0.4) is 0 Å². The second kappa shape index (κ2) is 4.25. The fourth-order valence-corrected chi connectivity index (χ4v) is 1.70. The lowest BCUT2D eigenvalue weighted by Crippen LogP contribution is -2.24. The van der Waals surface area contributed by atoms with E-state index in [1.165, 1.54) is 0 Å². The largest absolute Gasteiger partial charge is 0.433 e. The molecule has 1 aromatic rings. The minimum Gasteiger partial charge on any atom is -0.247 e. The lowest BCUT2D eigenvalue weighted by Gasteiger charge is -2.26. The van der Waals surface area contributed by atoms with Crippen LogP contribution in [0.5, 0.6) is 0 Å². The van der Waals surface area contributed by atoms with Gasteiger partial charge < -0.3 is 0 Å². The minimum atomic E-state index is -4.41. The fraction of sp³-hybridized carbons (Fsp3) is 0.643. The maximum absolute atomic E-state index is 13.1. The average Bonchev–Trinajstić information content (AvgIpc) is 2.12. The molecule has 0 unspecified atom stereocenters. The molecule has 0 saturated heterocycles. The molecule has 0 spiro atoms. The molecule has 0 radical (unpaired) electrons. The molecule has 1 rings (SSSR count). The quantitative estimate of drug-likeness (QED) is 0.658. The first-order valence-electron chi connectivity index (χ1n) is 5.92. The summed E-state index contributed by atoms with van der Waals surface area (Å²) in [5, 5.41) is 0. The van der Waals surface area contributed by atoms with Crippen molar-refractivity contribution in [2.45, 2.75) is 58.5 Å².